The van der Waals surface area contributed by atoms with E-state index in [1.807, 2.05) is 0 Å². The lowest BCUT2D eigenvalue weighted by atomic mass is 9.99. The van der Waals surface area contributed by atoms with Crippen LogP contribution in [0.2, 0.25) is 0 Å². The fourth-order valence-corrected chi connectivity index (χ4v) is 4.69. The quantitative estimate of drug-likeness (QED) is 0.857. The van der Waals surface area contributed by atoms with Gasteiger partial charge in [0.1, 0.15) is 10.7 Å². The van der Waals surface area contributed by atoms with E-state index >= 15 is 0 Å². The van der Waals surface area contributed by atoms with Crippen molar-refractivity contribution in [2.45, 2.75) is 22.6 Å². The third kappa shape index (κ3) is 3.48. The fourth-order valence-electron chi connectivity index (χ4n) is 2.48. The molecule has 22 heavy (non-hydrogen) atoms. The predicted octanol–water partition coefficient (Wildman–Crippen LogP) is 0.589. The molecule has 1 aliphatic heterocycles. The van der Waals surface area contributed by atoms with Crippen LogP contribution in [0.4, 0.5) is 4.39 Å². The summed E-state index contributed by atoms with van der Waals surface area (Å²) < 4.78 is 62.9. The molecule has 0 aromatic heterocycles. The van der Waals surface area contributed by atoms with E-state index in [1.54, 1.807) is 0 Å². The van der Waals surface area contributed by atoms with Gasteiger partial charge in [0.05, 0.1) is 4.90 Å². The minimum absolute atomic E-state index is 0.233. The van der Waals surface area contributed by atoms with Crippen LogP contribution in [0.1, 0.15) is 12.8 Å². The van der Waals surface area contributed by atoms with Crippen LogP contribution in [0.3, 0.4) is 0 Å². The molecule has 0 atom stereocenters. The fraction of sp³-hybridized carbons (Fsp3) is 0.538. The summed E-state index contributed by atoms with van der Waals surface area (Å²) in [7, 11) is -7.55. The summed E-state index contributed by atoms with van der Waals surface area (Å²) in [6, 6.07) is 2.88. The number of rotatable bonds is 4. The molecule has 0 spiro atoms. The molecule has 1 aliphatic rings. The van der Waals surface area contributed by atoms with Crippen LogP contribution in [0.15, 0.2) is 28.0 Å². The lowest BCUT2D eigenvalue weighted by Gasteiger charge is -2.30. The molecule has 0 aliphatic carbocycles. The number of nitrogens with zero attached hydrogens (tertiary/aromatic N) is 1. The molecular weight excluding hydrogens is 331 g/mol. The van der Waals surface area contributed by atoms with Gasteiger partial charge in [-0.15, -0.1) is 0 Å². The molecule has 0 bridgehead atoms. The van der Waals surface area contributed by atoms with Crippen molar-refractivity contribution in [2.24, 2.45) is 11.7 Å². The van der Waals surface area contributed by atoms with Crippen molar-refractivity contribution in [3.63, 3.8) is 0 Å². The van der Waals surface area contributed by atoms with Gasteiger partial charge in [0, 0.05) is 19.3 Å². The summed E-state index contributed by atoms with van der Waals surface area (Å²) in [4.78, 5) is -0.739. The lowest BCUT2D eigenvalue weighted by Crippen LogP contribution is -2.40. The molecule has 0 saturated carbocycles. The summed E-state index contributed by atoms with van der Waals surface area (Å²) in [6.07, 6.45) is 2.20. The first-order chi connectivity index (χ1) is 10.2. The molecule has 1 saturated heterocycles. The van der Waals surface area contributed by atoms with Crippen molar-refractivity contribution in [1.82, 2.24) is 4.31 Å². The Morgan fingerprint density at radius 1 is 1.23 bits per heavy atom. The van der Waals surface area contributed by atoms with Crippen LogP contribution in [-0.4, -0.2) is 47.0 Å². The molecule has 1 aromatic carbocycles. The largest absolute Gasteiger partial charge is 0.330 e. The molecule has 1 fully saturated rings. The Bertz CT molecular complexity index is 754. The first-order valence-electron chi connectivity index (χ1n) is 6.86. The van der Waals surface area contributed by atoms with Crippen molar-refractivity contribution in [3.8, 4) is 0 Å². The third-order valence-corrected chi connectivity index (χ3v) is 6.87. The van der Waals surface area contributed by atoms with Gasteiger partial charge < -0.3 is 5.73 Å². The highest BCUT2D eigenvalue weighted by molar-refractivity contribution is 7.90. The summed E-state index contributed by atoms with van der Waals surface area (Å²) in [6.45, 7) is 1.19. The van der Waals surface area contributed by atoms with Crippen LogP contribution < -0.4 is 5.73 Å². The standard InChI is InChI=1S/C13H19FN2O4S2/c1-21(17,18)13-3-2-11(8-12(13)14)22(19,20)16-6-4-10(9-15)5-7-16/h2-3,8,10H,4-7,9,15H2,1H3. The minimum Gasteiger partial charge on any atom is -0.330 e. The second kappa shape index (κ2) is 6.23. The van der Waals surface area contributed by atoms with E-state index in [4.69, 9.17) is 5.73 Å². The van der Waals surface area contributed by atoms with Crippen molar-refractivity contribution < 1.29 is 21.2 Å². The summed E-state index contributed by atoms with van der Waals surface area (Å²) in [5, 5.41) is 0. The second-order valence-corrected chi connectivity index (χ2v) is 9.37. The highest BCUT2D eigenvalue weighted by Gasteiger charge is 2.30. The first kappa shape index (κ1) is 17.3. The van der Waals surface area contributed by atoms with E-state index in [-0.39, 0.29) is 4.90 Å². The van der Waals surface area contributed by atoms with E-state index in [0.717, 1.165) is 24.5 Å². The highest BCUT2D eigenvalue weighted by Crippen LogP contribution is 2.25. The Morgan fingerprint density at radius 3 is 2.27 bits per heavy atom. The van der Waals surface area contributed by atoms with Crippen molar-refractivity contribution >= 4 is 19.9 Å². The molecular formula is C13H19FN2O4S2. The van der Waals surface area contributed by atoms with Gasteiger partial charge in [-0.05, 0) is 43.5 Å². The zero-order chi connectivity index (χ0) is 16.5. The molecule has 0 unspecified atom stereocenters. The number of benzene rings is 1. The predicted molar refractivity (Wildman–Crippen MR) is 80.0 cm³/mol. The SMILES string of the molecule is CS(=O)(=O)c1ccc(S(=O)(=O)N2CCC(CN)CC2)cc1F. The number of hydrogen-bond acceptors (Lipinski definition) is 5. The number of halogens is 1. The number of sulfonamides is 1. The van der Waals surface area contributed by atoms with Gasteiger partial charge in [0.15, 0.2) is 9.84 Å². The average molecular weight is 350 g/mol. The molecule has 1 heterocycles. The topological polar surface area (TPSA) is 97.5 Å². The van der Waals surface area contributed by atoms with Gasteiger partial charge in [-0.2, -0.15) is 4.31 Å². The van der Waals surface area contributed by atoms with Gasteiger partial charge in [0.2, 0.25) is 10.0 Å². The zero-order valence-electron chi connectivity index (χ0n) is 12.2. The Balaban J connectivity index is 2.29. The second-order valence-electron chi connectivity index (χ2n) is 5.45. The molecule has 2 rings (SSSR count). The minimum atomic E-state index is -3.82. The van der Waals surface area contributed by atoms with Crippen LogP contribution in [0, 0.1) is 11.7 Å². The average Bonchev–Trinajstić information content (AvgIpc) is 2.46. The van der Waals surface area contributed by atoms with Gasteiger partial charge in [-0.1, -0.05) is 0 Å². The normalized spacial score (nSPS) is 18.5. The highest BCUT2D eigenvalue weighted by atomic mass is 32.2. The molecule has 0 amide bonds. The van der Waals surface area contributed by atoms with Crippen LogP contribution in [0.25, 0.3) is 0 Å². The van der Waals surface area contributed by atoms with Crippen LogP contribution in [0.5, 0.6) is 0 Å². The van der Waals surface area contributed by atoms with Gasteiger partial charge in [-0.3, -0.25) is 0 Å². The number of hydrogen-bond donors (Lipinski definition) is 1. The third-order valence-electron chi connectivity index (χ3n) is 3.85. The lowest BCUT2D eigenvalue weighted by molar-refractivity contribution is 0.278. The van der Waals surface area contributed by atoms with E-state index in [1.165, 1.54) is 4.31 Å². The number of piperidine rings is 1. The summed E-state index contributed by atoms with van der Waals surface area (Å²) in [5.41, 5.74) is 5.57. The van der Waals surface area contributed by atoms with E-state index in [2.05, 4.69) is 0 Å². The smallest absolute Gasteiger partial charge is 0.243 e. The Morgan fingerprint density at radius 2 is 1.82 bits per heavy atom. The number of sulfone groups is 1. The van der Waals surface area contributed by atoms with Crippen molar-refractivity contribution in [2.75, 3.05) is 25.9 Å². The summed E-state index contributed by atoms with van der Waals surface area (Å²) in [5.74, 6) is -0.754. The first-order valence-corrected chi connectivity index (χ1v) is 10.2. The van der Waals surface area contributed by atoms with Gasteiger partial charge >= 0.3 is 0 Å². The maximum Gasteiger partial charge on any atom is 0.243 e. The van der Waals surface area contributed by atoms with Crippen molar-refractivity contribution in [1.29, 1.82) is 0 Å². The van der Waals surface area contributed by atoms with E-state index in [9.17, 15) is 21.2 Å². The Kier molecular flexibility index (Phi) is 4.90. The van der Waals surface area contributed by atoms with Crippen LogP contribution in [-0.2, 0) is 19.9 Å². The molecule has 124 valence electrons. The van der Waals surface area contributed by atoms with Crippen molar-refractivity contribution in [3.05, 3.63) is 24.0 Å². The molecule has 1 aromatic rings. The van der Waals surface area contributed by atoms with Gasteiger partial charge in [-0.25, -0.2) is 21.2 Å². The van der Waals surface area contributed by atoms with Crippen LogP contribution >= 0.6 is 0 Å². The number of nitrogens with two attached hydrogens (primary N) is 1. The molecule has 0 radical (unpaired) electrons. The van der Waals surface area contributed by atoms with Gasteiger partial charge in [0.25, 0.3) is 0 Å². The molecule has 6 nitrogen and oxygen atoms in total. The Hall–Kier alpha value is -1.03. The van der Waals surface area contributed by atoms with E-state index in [0.29, 0.717) is 38.4 Å². The zero-order valence-corrected chi connectivity index (χ0v) is 13.8. The monoisotopic (exact) mass is 350 g/mol. The maximum absolute atomic E-state index is 13.9. The molecule has 9 heteroatoms. The Labute approximate surface area is 130 Å². The van der Waals surface area contributed by atoms with E-state index < -0.39 is 30.6 Å². The maximum atomic E-state index is 13.9. The molecule has 2 N–H and O–H groups in total. The summed E-state index contributed by atoms with van der Waals surface area (Å²) >= 11 is 0.